The fourth-order valence-corrected chi connectivity index (χ4v) is 8.50. The summed E-state index contributed by atoms with van der Waals surface area (Å²) in [5, 5.41) is 5.64. The van der Waals surface area contributed by atoms with Gasteiger partial charge in [-0.3, -0.25) is 19.1 Å². The lowest BCUT2D eigenvalue weighted by atomic mass is 10.0. The number of alkyl carbamates (subject to hydrolysis) is 1. The SMILES string of the molecule is CCC1CC1(NC(=O)C1CC(Oc2cc(-c3ccccc3)nc3cc(OC)ccc23)CN1C(=O)C(NC(=O)OC(C)(C)C)C(C)C)C(=O)NS(=O)(=O)C1CC1. The largest absolute Gasteiger partial charge is 0.497 e. The topological polar surface area (TPSA) is 182 Å². The lowest BCUT2D eigenvalue weighted by molar-refractivity contribution is -0.142. The normalized spacial score (nSPS) is 22.8. The molecule has 2 heterocycles. The number of carbonyl (C=O) groups excluding carboxylic acids is 4. The molecule has 3 N–H and O–H groups in total. The van der Waals surface area contributed by atoms with Gasteiger partial charge < -0.3 is 29.7 Å². The molecule has 55 heavy (non-hydrogen) atoms. The first-order valence-corrected chi connectivity index (χ1v) is 20.4. The van der Waals surface area contributed by atoms with Gasteiger partial charge in [0.25, 0.3) is 5.91 Å². The second kappa shape index (κ2) is 15.3. The third-order valence-electron chi connectivity index (χ3n) is 10.3. The average Bonchev–Trinajstić information content (AvgIpc) is 4.06. The summed E-state index contributed by atoms with van der Waals surface area (Å²) in [6.07, 6.45) is 0.287. The fraction of sp³-hybridized carbons (Fsp3) is 0.525. The van der Waals surface area contributed by atoms with Gasteiger partial charge in [-0.1, -0.05) is 57.5 Å². The Hall–Kier alpha value is -4.92. The van der Waals surface area contributed by atoms with E-state index in [0.717, 1.165) is 5.56 Å². The molecule has 296 valence electrons. The number of fused-ring (bicyclic) bond motifs is 1. The van der Waals surface area contributed by atoms with Crippen molar-refractivity contribution in [2.75, 3.05) is 13.7 Å². The van der Waals surface area contributed by atoms with Crippen LogP contribution >= 0.6 is 0 Å². The minimum Gasteiger partial charge on any atom is -0.497 e. The van der Waals surface area contributed by atoms with Crippen LogP contribution in [0.15, 0.2) is 54.6 Å². The number of nitrogens with one attached hydrogen (secondary N) is 3. The summed E-state index contributed by atoms with van der Waals surface area (Å²) < 4.78 is 45.3. The molecule has 2 aromatic carbocycles. The predicted molar refractivity (Wildman–Crippen MR) is 206 cm³/mol. The zero-order chi connectivity index (χ0) is 39.9. The number of hydrogen-bond acceptors (Lipinski definition) is 10. The minimum absolute atomic E-state index is 0.0246. The second-order valence-electron chi connectivity index (χ2n) is 16.1. The van der Waals surface area contributed by atoms with Crippen molar-refractivity contribution in [2.24, 2.45) is 11.8 Å². The smallest absolute Gasteiger partial charge is 0.408 e. The molecule has 2 saturated carbocycles. The number of sulfonamides is 1. The first-order chi connectivity index (χ1) is 25.9. The van der Waals surface area contributed by atoms with Gasteiger partial charge in [0.2, 0.25) is 21.8 Å². The van der Waals surface area contributed by atoms with Crippen LogP contribution in [0.4, 0.5) is 4.79 Å². The highest BCUT2D eigenvalue weighted by molar-refractivity contribution is 7.91. The van der Waals surface area contributed by atoms with E-state index in [4.69, 9.17) is 19.2 Å². The monoisotopic (exact) mass is 777 g/mol. The standard InChI is InChI=1S/C40H51N5O9S/c1-8-25-21-40(25,37(48)44-55(50,51)28-15-16-28)43-35(46)32-19-27(22-45(32)36(47)34(23(2)3)42-38(49)54-39(4,5)6)53-33-20-30(24-12-10-9-11-13-24)41-31-18-26(52-7)14-17-29(31)33/h9-14,17-18,20,23,25,27-28,32,34H,8,15-16,19,21-22H2,1-7H3,(H,42,49)(H,43,46)(H,44,48). The van der Waals surface area contributed by atoms with E-state index in [1.165, 1.54) is 4.90 Å². The Labute approximate surface area is 322 Å². The van der Waals surface area contributed by atoms with Gasteiger partial charge in [-0.05, 0) is 64.0 Å². The first-order valence-electron chi connectivity index (χ1n) is 18.8. The number of carbonyl (C=O) groups is 4. The molecule has 0 radical (unpaired) electrons. The highest BCUT2D eigenvalue weighted by atomic mass is 32.2. The highest BCUT2D eigenvalue weighted by Crippen LogP contribution is 2.47. The van der Waals surface area contributed by atoms with Crippen LogP contribution in [0, 0.1) is 11.8 Å². The van der Waals surface area contributed by atoms with Gasteiger partial charge in [0, 0.05) is 29.5 Å². The van der Waals surface area contributed by atoms with E-state index >= 15 is 0 Å². The van der Waals surface area contributed by atoms with Gasteiger partial charge in [-0.2, -0.15) is 0 Å². The quantitative estimate of drug-likeness (QED) is 0.220. The number of methoxy groups -OCH3 is 1. The number of rotatable bonds is 13. The van der Waals surface area contributed by atoms with Crippen molar-refractivity contribution in [2.45, 2.75) is 108 Å². The Morgan fingerprint density at radius 3 is 2.35 bits per heavy atom. The zero-order valence-corrected chi connectivity index (χ0v) is 33.2. The Morgan fingerprint density at radius 2 is 1.75 bits per heavy atom. The Kier molecular flexibility index (Phi) is 11.1. The molecule has 1 saturated heterocycles. The van der Waals surface area contributed by atoms with E-state index in [1.54, 1.807) is 53.9 Å². The molecule has 3 fully saturated rings. The van der Waals surface area contributed by atoms with E-state index in [2.05, 4.69) is 15.4 Å². The number of nitrogens with zero attached hydrogens (tertiary/aromatic N) is 2. The zero-order valence-electron chi connectivity index (χ0n) is 32.4. The molecule has 14 nitrogen and oxygen atoms in total. The van der Waals surface area contributed by atoms with E-state index < -0.39 is 74.3 Å². The van der Waals surface area contributed by atoms with Crippen molar-refractivity contribution < 1.29 is 41.8 Å². The van der Waals surface area contributed by atoms with Gasteiger partial charge in [0.1, 0.15) is 40.8 Å². The molecule has 4 amide bonds. The first kappa shape index (κ1) is 39.8. The van der Waals surface area contributed by atoms with Crippen LogP contribution in [0.5, 0.6) is 11.5 Å². The van der Waals surface area contributed by atoms with Crippen LogP contribution in [0.2, 0.25) is 0 Å². The molecule has 0 bridgehead atoms. The number of pyridine rings is 1. The van der Waals surface area contributed by atoms with Gasteiger partial charge in [0.05, 0.1) is 30.1 Å². The summed E-state index contributed by atoms with van der Waals surface area (Å²) >= 11 is 0. The molecule has 1 aliphatic heterocycles. The van der Waals surface area contributed by atoms with E-state index in [1.807, 2.05) is 49.4 Å². The summed E-state index contributed by atoms with van der Waals surface area (Å²) in [4.78, 5) is 61.6. The number of hydrogen-bond donors (Lipinski definition) is 3. The number of likely N-dealkylation sites (tertiary alicyclic amines) is 1. The second-order valence-corrected chi connectivity index (χ2v) is 18.0. The summed E-state index contributed by atoms with van der Waals surface area (Å²) in [7, 11) is -2.30. The number of amides is 4. The number of aromatic nitrogens is 1. The molecule has 5 atom stereocenters. The molecule has 6 rings (SSSR count). The van der Waals surface area contributed by atoms with Crippen molar-refractivity contribution in [1.82, 2.24) is 25.2 Å². The van der Waals surface area contributed by atoms with Crippen LogP contribution < -0.4 is 24.8 Å². The highest BCUT2D eigenvalue weighted by Gasteiger charge is 2.62. The molecular weight excluding hydrogens is 727 g/mol. The molecule has 0 spiro atoms. The lowest BCUT2D eigenvalue weighted by Gasteiger charge is -2.31. The maximum atomic E-state index is 14.5. The van der Waals surface area contributed by atoms with Crippen molar-refractivity contribution in [3.05, 3.63) is 54.6 Å². The van der Waals surface area contributed by atoms with Crippen molar-refractivity contribution in [3.8, 4) is 22.8 Å². The van der Waals surface area contributed by atoms with E-state index in [0.29, 0.717) is 47.4 Å². The van der Waals surface area contributed by atoms with E-state index in [9.17, 15) is 27.6 Å². The Balaban J connectivity index is 1.33. The summed E-state index contributed by atoms with van der Waals surface area (Å²) in [5.41, 5.74) is -0.148. The summed E-state index contributed by atoms with van der Waals surface area (Å²) in [6, 6.07) is 14.7. The predicted octanol–water partition coefficient (Wildman–Crippen LogP) is 4.70. The lowest BCUT2D eigenvalue weighted by Crippen LogP contribution is -2.59. The van der Waals surface area contributed by atoms with Crippen LogP contribution in [0.25, 0.3) is 22.2 Å². The number of benzene rings is 2. The van der Waals surface area contributed by atoms with Crippen LogP contribution in [0.1, 0.15) is 73.6 Å². The molecule has 2 aliphatic carbocycles. The van der Waals surface area contributed by atoms with Crippen LogP contribution in [0.3, 0.4) is 0 Å². The van der Waals surface area contributed by atoms with Crippen molar-refractivity contribution in [1.29, 1.82) is 0 Å². The van der Waals surface area contributed by atoms with Crippen molar-refractivity contribution >= 4 is 44.7 Å². The molecule has 3 aromatic rings. The molecule has 3 aliphatic rings. The maximum absolute atomic E-state index is 14.5. The third kappa shape index (κ3) is 8.82. The van der Waals surface area contributed by atoms with Gasteiger partial charge in [-0.25, -0.2) is 18.2 Å². The third-order valence-corrected chi connectivity index (χ3v) is 12.2. The molecule has 15 heteroatoms. The van der Waals surface area contributed by atoms with Crippen LogP contribution in [-0.2, 0) is 29.1 Å². The Bertz CT molecular complexity index is 2070. The Morgan fingerprint density at radius 1 is 1.04 bits per heavy atom. The number of ether oxygens (including phenoxy) is 3. The van der Waals surface area contributed by atoms with Crippen molar-refractivity contribution in [3.63, 3.8) is 0 Å². The summed E-state index contributed by atoms with van der Waals surface area (Å²) in [5.74, 6) is -1.53. The van der Waals surface area contributed by atoms with Crippen LogP contribution in [-0.4, -0.2) is 90.3 Å². The maximum Gasteiger partial charge on any atom is 0.408 e. The minimum atomic E-state index is -3.88. The average molecular weight is 778 g/mol. The molecule has 1 aromatic heterocycles. The fourth-order valence-electron chi connectivity index (χ4n) is 7.13. The van der Waals surface area contributed by atoms with Gasteiger partial charge >= 0.3 is 6.09 Å². The summed E-state index contributed by atoms with van der Waals surface area (Å²) in [6.45, 7) is 10.5. The molecular formula is C40H51N5O9S. The van der Waals surface area contributed by atoms with E-state index in [-0.39, 0.29) is 25.3 Å². The van der Waals surface area contributed by atoms with Gasteiger partial charge in [0.15, 0.2) is 0 Å². The van der Waals surface area contributed by atoms with Gasteiger partial charge in [-0.15, -0.1) is 0 Å². The molecule has 5 unspecified atom stereocenters.